The van der Waals surface area contributed by atoms with Crippen LogP contribution in [0.5, 0.6) is 0 Å². The Morgan fingerprint density at radius 3 is 0.900 bits per heavy atom. The van der Waals surface area contributed by atoms with Crippen molar-refractivity contribution >= 4 is 21.5 Å². The molecule has 0 amide bonds. The molecule has 60 heavy (non-hydrogen) atoms. The Balaban J connectivity index is 0.000000268. The first-order chi connectivity index (χ1) is 27.4. The number of alkyl halides is 3. The molecular weight excluding hydrogens is 947 g/mol. The van der Waals surface area contributed by atoms with Crippen molar-refractivity contribution in [3.8, 4) is 44.5 Å². The number of rotatable bonds is 5. The van der Waals surface area contributed by atoms with E-state index in [2.05, 4.69) is 168 Å². The van der Waals surface area contributed by atoms with Crippen molar-refractivity contribution in [2.24, 2.45) is 3.34 Å². The molecule has 2 N–H and O–H groups in total. The van der Waals surface area contributed by atoms with Crippen LogP contribution < -0.4 is 0 Å². The molecule has 0 atom stereocenters. The molecular formula is C50H55F3N2O3STa-2. The third-order valence-electron chi connectivity index (χ3n) is 10.3. The second-order valence-electron chi connectivity index (χ2n) is 15.5. The molecule has 5 nitrogen and oxygen atoms in total. The zero-order chi connectivity index (χ0) is 44.3. The molecule has 0 saturated heterocycles. The van der Waals surface area contributed by atoms with Gasteiger partial charge < -0.3 is 13.2 Å². The number of nitrogens with one attached hydrogen (secondary N) is 1. The molecule has 0 aromatic heterocycles. The Morgan fingerprint density at radius 1 is 0.500 bits per heavy atom. The average Bonchev–Trinajstić information content (AvgIpc) is 3.08. The van der Waals surface area contributed by atoms with Crippen LogP contribution in [-0.2, 0) is 31.0 Å². The van der Waals surface area contributed by atoms with Gasteiger partial charge in [-0.3, -0.25) is 4.55 Å². The third-order valence-corrected chi connectivity index (χ3v) is 11.6. The molecule has 0 heterocycles. The standard InChI is InChI=1S/C24H26N.C24H25N.CHF3O3S.CH3.Ta/c2*1-14-10-16(3)22(17(4)11-14)20-8-7-9-21(24(20)25)23-18(5)12-15(2)13-19(23)6;2-1(3,4)8(5,6)7;;/h7-13,25H,1-6H3;7-13H,1-6H3;(H,5,6,7);1H3;/q-1;;;-1;. The Labute approximate surface area is 367 Å². The molecule has 0 fully saturated rings. The van der Waals surface area contributed by atoms with Crippen LogP contribution in [0.1, 0.15) is 66.8 Å². The maximum absolute atomic E-state index is 10.7. The Hall–Kier alpha value is -4.64. The fourth-order valence-electron chi connectivity index (χ4n) is 8.44. The van der Waals surface area contributed by atoms with Gasteiger partial charge in [-0.1, -0.05) is 53.6 Å². The fourth-order valence-corrected chi connectivity index (χ4v) is 9.22. The summed E-state index contributed by atoms with van der Waals surface area (Å²) in [6.45, 7) is 26.0. The van der Waals surface area contributed by atoms with Crippen LogP contribution in [0.25, 0.3) is 50.2 Å². The van der Waals surface area contributed by atoms with Crippen LogP contribution in [0.2, 0.25) is 0 Å². The minimum Gasteiger partial charge on any atom is -0.358 e. The van der Waals surface area contributed by atoms with Crippen LogP contribution >= 0.6 is 0 Å². The molecule has 0 radical (unpaired) electrons. The topological polar surface area (TPSA) is 90.5 Å². The van der Waals surface area contributed by atoms with Crippen molar-refractivity contribution in [2.75, 3.05) is 0 Å². The van der Waals surface area contributed by atoms with Gasteiger partial charge in [0.1, 0.15) is 0 Å². The van der Waals surface area contributed by atoms with E-state index in [1.807, 2.05) is 0 Å². The predicted octanol–water partition coefficient (Wildman–Crippen LogP) is 15.6. The Bertz CT molecular complexity index is 2440. The van der Waals surface area contributed by atoms with Crippen molar-refractivity contribution in [3.63, 3.8) is 0 Å². The fraction of sp³-hybridized carbons (Fsp3) is 0.260. The molecule has 0 bridgehead atoms. The zero-order valence-corrected chi connectivity index (χ0v) is 40.8. The van der Waals surface area contributed by atoms with E-state index in [9.17, 15) is 13.2 Å². The van der Waals surface area contributed by atoms with E-state index < -0.39 is 15.6 Å². The summed E-state index contributed by atoms with van der Waals surface area (Å²) in [5, 5.41) is 0. The summed E-state index contributed by atoms with van der Waals surface area (Å²) in [5.41, 5.74) is 30.1. The van der Waals surface area contributed by atoms with Gasteiger partial charge in [-0.15, -0.1) is 5.69 Å². The molecule has 0 aliphatic heterocycles. The van der Waals surface area contributed by atoms with Crippen molar-refractivity contribution in [1.29, 1.82) is 0 Å². The molecule has 0 aliphatic carbocycles. The molecule has 0 aliphatic rings. The zero-order valence-electron chi connectivity index (χ0n) is 36.8. The third kappa shape index (κ3) is 11.2. The largest absolute Gasteiger partial charge is 0.522 e. The first-order valence-corrected chi connectivity index (χ1v) is 21.9. The normalized spacial score (nSPS) is 11.1. The molecule has 0 saturated carbocycles. The maximum Gasteiger partial charge on any atom is 0.522 e. The summed E-state index contributed by atoms with van der Waals surface area (Å²) < 4.78 is 62.4. The first-order valence-electron chi connectivity index (χ1n) is 19.1. The summed E-state index contributed by atoms with van der Waals surface area (Å²) >= 11 is 1.01. The average molecular weight is 1000 g/mol. The van der Waals surface area contributed by atoms with Crippen molar-refractivity contribution in [2.45, 2.75) is 88.6 Å². The van der Waals surface area contributed by atoms with E-state index in [0.29, 0.717) is 5.69 Å². The second kappa shape index (κ2) is 19.8. The Morgan fingerprint density at radius 2 is 0.700 bits per heavy atom. The van der Waals surface area contributed by atoms with Gasteiger partial charge in [-0.2, -0.15) is 21.6 Å². The number of benzene rings is 6. The van der Waals surface area contributed by atoms with Gasteiger partial charge in [0.2, 0.25) is 0 Å². The number of aryl methyl sites for hydroxylation is 12. The van der Waals surface area contributed by atoms with Gasteiger partial charge in [0.15, 0.2) is 0 Å². The second-order valence-corrected chi connectivity index (χ2v) is 17.7. The van der Waals surface area contributed by atoms with Crippen molar-refractivity contribution in [3.05, 3.63) is 165 Å². The molecule has 0 spiro atoms. The molecule has 6 aromatic rings. The quantitative estimate of drug-likeness (QED) is 0.106. The van der Waals surface area contributed by atoms with Gasteiger partial charge in [-0.25, -0.2) is 0 Å². The Kier molecular flexibility index (Phi) is 16.4. The smallest absolute Gasteiger partial charge is 0.358 e. The van der Waals surface area contributed by atoms with Crippen LogP contribution in [0, 0.1) is 90.5 Å². The van der Waals surface area contributed by atoms with E-state index in [-0.39, 0.29) is 7.43 Å². The molecule has 317 valence electrons. The summed E-state index contributed by atoms with van der Waals surface area (Å²) in [7, 11) is -5.84. The summed E-state index contributed by atoms with van der Waals surface area (Å²) in [4.78, 5) is 0. The van der Waals surface area contributed by atoms with Crippen molar-refractivity contribution in [1.82, 2.24) is 0 Å². The van der Waals surface area contributed by atoms with Crippen LogP contribution in [0.4, 0.5) is 24.5 Å². The number of halogens is 3. The van der Waals surface area contributed by atoms with Crippen LogP contribution in [0.3, 0.4) is 0 Å². The van der Waals surface area contributed by atoms with E-state index in [0.717, 1.165) is 37.7 Å². The van der Waals surface area contributed by atoms with Crippen LogP contribution in [-0.4, -0.2) is 18.5 Å². The van der Waals surface area contributed by atoms with Gasteiger partial charge in [-0.05, 0) is 86.1 Å². The first kappa shape index (κ1) is 49.7. The number of hydrogen-bond donors (Lipinski definition) is 1. The number of hydrogen-bond acceptors (Lipinski definition) is 3. The summed E-state index contributed by atoms with van der Waals surface area (Å²) in [6, 6.07) is 30.8. The van der Waals surface area contributed by atoms with Crippen molar-refractivity contribution < 1.29 is 47.0 Å². The van der Waals surface area contributed by atoms with E-state index >= 15 is 0 Å². The van der Waals surface area contributed by atoms with Gasteiger partial charge in [0.25, 0.3) is 0 Å². The molecule has 0 unspecified atom stereocenters. The van der Waals surface area contributed by atoms with Gasteiger partial charge >= 0.3 is 185 Å². The number of nitrogens with zero attached hydrogens (tertiary/aromatic N) is 1. The minimum atomic E-state index is -5.84. The minimum absolute atomic E-state index is 0. The van der Waals surface area contributed by atoms with E-state index in [1.54, 1.807) is 0 Å². The van der Waals surface area contributed by atoms with Gasteiger partial charge in [0, 0.05) is 0 Å². The van der Waals surface area contributed by atoms with Gasteiger partial charge in [0.05, 0.1) is 0 Å². The molecule has 10 heteroatoms. The predicted molar refractivity (Wildman–Crippen MR) is 242 cm³/mol. The molecule has 6 aromatic carbocycles. The van der Waals surface area contributed by atoms with E-state index in [1.165, 1.54) is 100 Å². The monoisotopic (exact) mass is 1000 g/mol. The van der Waals surface area contributed by atoms with E-state index in [4.69, 9.17) is 22.0 Å². The SMILES string of the molecule is Cc1cc(C)c(-c2cccc(-c3c(C)cc(C)cc3C)c2[NH-])c(C)c1.Cc1cc(C)c(-c2cccc(-c3c(C)cc(C)cc3C)c2[N]=[Ta])c(C)c1.O=S(=O)(O)C(F)(F)F.[CH3-]. The summed E-state index contributed by atoms with van der Waals surface area (Å²) in [6.07, 6.45) is 0. The van der Waals surface area contributed by atoms with Crippen LogP contribution in [0.15, 0.2) is 88.3 Å². The summed E-state index contributed by atoms with van der Waals surface area (Å²) in [5.74, 6) is 0. The molecule has 6 rings (SSSR count). The maximum atomic E-state index is 10.7.